The Labute approximate surface area is 262 Å². The quantitative estimate of drug-likeness (QED) is 0.127. The van der Waals surface area contributed by atoms with E-state index in [4.69, 9.17) is 19.0 Å². The molecule has 0 saturated carbocycles. The van der Waals surface area contributed by atoms with E-state index in [9.17, 15) is 19.2 Å². The molecule has 1 aliphatic carbocycles. The van der Waals surface area contributed by atoms with Crippen molar-refractivity contribution in [2.45, 2.75) is 98.7 Å². The SMILES string of the molecule is C.CC.CC.CC(C)(S)CC(=O)N/N=C1\CCCc2cc(OCCOCCOCCC(=O)ON3C(=O)CCC3=O)ccc21. The van der Waals surface area contributed by atoms with Crippen molar-refractivity contribution in [2.24, 2.45) is 5.10 Å². The first kappa shape index (κ1) is 40.0. The number of nitrogens with zero attached hydrogens (tertiary/aromatic N) is 2. The molecule has 1 N–H and O–H groups in total. The summed E-state index contributed by atoms with van der Waals surface area (Å²) in [6.07, 6.45) is 2.97. The Morgan fingerprint density at radius 2 is 1.53 bits per heavy atom. The molecule has 0 unspecified atom stereocenters. The molecule has 11 nitrogen and oxygen atoms in total. The lowest BCUT2D eigenvalue weighted by Crippen LogP contribution is -2.32. The van der Waals surface area contributed by atoms with Gasteiger partial charge >= 0.3 is 5.97 Å². The van der Waals surface area contributed by atoms with E-state index in [1.165, 1.54) is 0 Å². The van der Waals surface area contributed by atoms with Crippen molar-refractivity contribution in [2.75, 3.05) is 33.0 Å². The minimum Gasteiger partial charge on any atom is -0.491 e. The van der Waals surface area contributed by atoms with Crippen molar-refractivity contribution >= 4 is 42.0 Å². The van der Waals surface area contributed by atoms with Gasteiger partial charge in [-0.15, -0.1) is 5.06 Å². The highest BCUT2D eigenvalue weighted by molar-refractivity contribution is 7.81. The van der Waals surface area contributed by atoms with Gasteiger partial charge in [0, 0.05) is 29.6 Å². The molecule has 1 aromatic carbocycles. The molecule has 0 atom stereocenters. The molecule has 3 amide bonds. The molecular weight excluding hydrogens is 574 g/mol. The summed E-state index contributed by atoms with van der Waals surface area (Å²) in [6.45, 7) is 13.2. The maximum absolute atomic E-state index is 12.1. The number of ether oxygens (including phenoxy) is 3. The Hall–Kier alpha value is -2.96. The largest absolute Gasteiger partial charge is 0.491 e. The second-order valence-corrected chi connectivity index (χ2v) is 10.8. The lowest BCUT2D eigenvalue weighted by Gasteiger charge is -2.20. The minimum absolute atomic E-state index is 0. The number of fused-ring (bicyclic) bond motifs is 1. The third kappa shape index (κ3) is 15.4. The fraction of sp³-hybridized carbons (Fsp3) is 0.645. The molecule has 1 heterocycles. The standard InChI is InChI=1S/C26H35N3O8S.2C2H6.CH4/c1-26(2,38)17-22(30)28-27-21-5-3-4-18-16-19(6-7-20(18)21)36-15-14-35-13-12-34-11-10-25(33)37-29-23(31)8-9-24(29)32;2*1-2;/h6-7,16,38H,3-5,8-15,17H2,1-2H3,(H,28,30);2*1-2H3;1H4/b27-21+;;;. The van der Waals surface area contributed by atoms with Gasteiger partial charge in [-0.25, -0.2) is 10.2 Å². The van der Waals surface area contributed by atoms with Crippen molar-refractivity contribution in [1.82, 2.24) is 10.5 Å². The number of nitrogens with one attached hydrogen (secondary N) is 1. The van der Waals surface area contributed by atoms with Crippen LogP contribution in [0.4, 0.5) is 0 Å². The van der Waals surface area contributed by atoms with Gasteiger partial charge in [0.2, 0.25) is 5.91 Å². The van der Waals surface area contributed by atoms with Crippen LogP contribution < -0.4 is 10.2 Å². The van der Waals surface area contributed by atoms with Crippen LogP contribution in [-0.4, -0.2) is 72.2 Å². The molecule has 1 saturated heterocycles. The Morgan fingerprint density at radius 3 is 2.16 bits per heavy atom. The third-order valence-electron chi connectivity index (χ3n) is 5.67. The molecule has 1 fully saturated rings. The number of aryl methyl sites for hydroxylation is 1. The van der Waals surface area contributed by atoms with E-state index in [-0.39, 0.29) is 52.2 Å². The molecule has 43 heavy (non-hydrogen) atoms. The predicted octanol–water partition coefficient (Wildman–Crippen LogP) is 5.04. The number of thiol groups is 1. The molecule has 0 bridgehead atoms. The van der Waals surface area contributed by atoms with Crippen molar-refractivity contribution in [3.05, 3.63) is 29.3 Å². The van der Waals surface area contributed by atoms with Gasteiger partial charge in [-0.3, -0.25) is 14.4 Å². The first-order valence-electron chi connectivity index (χ1n) is 14.7. The number of amides is 3. The first-order chi connectivity index (χ1) is 20.1. The Morgan fingerprint density at radius 1 is 0.930 bits per heavy atom. The van der Waals surface area contributed by atoms with Crippen LogP contribution in [0.2, 0.25) is 0 Å². The fourth-order valence-corrected chi connectivity index (χ4v) is 4.05. The Bertz CT molecular complexity index is 1040. The van der Waals surface area contributed by atoms with Gasteiger partial charge in [-0.05, 0) is 43.0 Å². The van der Waals surface area contributed by atoms with Gasteiger partial charge in [0.25, 0.3) is 11.8 Å². The van der Waals surface area contributed by atoms with Gasteiger partial charge in [0.15, 0.2) is 0 Å². The normalized spacial score (nSPS) is 14.9. The number of carbonyl (C=O) groups excluding carboxylic acids is 4. The van der Waals surface area contributed by atoms with E-state index in [0.29, 0.717) is 24.9 Å². The van der Waals surface area contributed by atoms with Crippen LogP contribution in [0.3, 0.4) is 0 Å². The average Bonchev–Trinajstić information content (AvgIpc) is 3.28. The maximum Gasteiger partial charge on any atom is 0.335 e. The van der Waals surface area contributed by atoms with E-state index < -0.39 is 22.5 Å². The molecule has 3 rings (SSSR count). The zero-order valence-corrected chi connectivity index (χ0v) is 26.7. The van der Waals surface area contributed by atoms with E-state index >= 15 is 0 Å². The zero-order chi connectivity index (χ0) is 31.5. The van der Waals surface area contributed by atoms with Gasteiger partial charge in [0.1, 0.15) is 12.4 Å². The fourth-order valence-electron chi connectivity index (χ4n) is 3.91. The molecule has 0 aromatic heterocycles. The number of rotatable bonds is 14. The van der Waals surface area contributed by atoms with E-state index in [1.54, 1.807) is 0 Å². The first-order valence-corrected chi connectivity index (χ1v) is 15.1. The second-order valence-electron chi connectivity index (χ2n) is 9.62. The van der Waals surface area contributed by atoms with Crippen molar-refractivity contribution < 1.29 is 38.2 Å². The second kappa shape index (κ2) is 21.7. The zero-order valence-electron chi connectivity index (χ0n) is 25.8. The Balaban J connectivity index is 0.00000338. The number of imide groups is 1. The van der Waals surface area contributed by atoms with Gasteiger partial charge in [-0.1, -0.05) is 49.0 Å². The van der Waals surface area contributed by atoms with E-state index in [0.717, 1.165) is 41.9 Å². The van der Waals surface area contributed by atoms with Crippen LogP contribution in [0, 0.1) is 0 Å². The number of hydroxylamine groups is 2. The van der Waals surface area contributed by atoms with Crippen LogP contribution in [0.1, 0.15) is 98.6 Å². The van der Waals surface area contributed by atoms with E-state index in [1.807, 2.05) is 59.7 Å². The summed E-state index contributed by atoms with van der Waals surface area (Å²) in [5.41, 5.74) is 5.65. The van der Waals surface area contributed by atoms with E-state index in [2.05, 4.69) is 23.2 Å². The number of hydrazone groups is 1. The maximum atomic E-state index is 12.1. The van der Waals surface area contributed by atoms with Crippen molar-refractivity contribution in [3.63, 3.8) is 0 Å². The van der Waals surface area contributed by atoms with Crippen LogP contribution in [0.15, 0.2) is 23.3 Å². The van der Waals surface area contributed by atoms with Gasteiger partial charge < -0.3 is 19.0 Å². The molecule has 1 aromatic rings. The summed E-state index contributed by atoms with van der Waals surface area (Å²) >= 11 is 4.39. The lowest BCUT2D eigenvalue weighted by atomic mass is 9.90. The highest BCUT2D eigenvalue weighted by Crippen LogP contribution is 2.26. The highest BCUT2D eigenvalue weighted by atomic mass is 32.1. The molecular formula is C31H51N3O8S. The van der Waals surface area contributed by atoms with Crippen LogP contribution in [0.25, 0.3) is 0 Å². The van der Waals surface area contributed by atoms with Crippen molar-refractivity contribution in [1.29, 1.82) is 0 Å². The summed E-state index contributed by atoms with van der Waals surface area (Å²) in [5.74, 6) is -1.15. The monoisotopic (exact) mass is 625 g/mol. The van der Waals surface area contributed by atoms with Gasteiger partial charge in [-0.2, -0.15) is 17.7 Å². The molecule has 2 aliphatic rings. The summed E-state index contributed by atoms with van der Waals surface area (Å²) in [4.78, 5) is 51.4. The molecule has 0 spiro atoms. The van der Waals surface area contributed by atoms with Crippen molar-refractivity contribution in [3.8, 4) is 5.75 Å². The van der Waals surface area contributed by atoms with Crippen LogP contribution >= 0.6 is 12.6 Å². The van der Waals surface area contributed by atoms with Crippen LogP contribution in [-0.2, 0) is 39.9 Å². The highest BCUT2D eigenvalue weighted by Gasteiger charge is 2.32. The van der Waals surface area contributed by atoms with Gasteiger partial charge in [0.05, 0.1) is 38.6 Å². The summed E-state index contributed by atoms with van der Waals surface area (Å²) in [7, 11) is 0. The predicted molar refractivity (Wildman–Crippen MR) is 170 cm³/mol. The molecule has 1 aliphatic heterocycles. The average molecular weight is 626 g/mol. The molecule has 0 radical (unpaired) electrons. The number of hydrogen-bond donors (Lipinski definition) is 2. The smallest absolute Gasteiger partial charge is 0.335 e. The third-order valence-corrected chi connectivity index (χ3v) is 5.83. The minimum atomic E-state index is -0.700. The summed E-state index contributed by atoms with van der Waals surface area (Å²) in [6, 6.07) is 5.84. The number of benzene rings is 1. The molecule has 12 heteroatoms. The number of hydrogen-bond acceptors (Lipinski definition) is 10. The number of carbonyl (C=O) groups is 4. The lowest BCUT2D eigenvalue weighted by molar-refractivity contribution is -0.198. The summed E-state index contributed by atoms with van der Waals surface area (Å²) in [5, 5.41) is 4.87. The summed E-state index contributed by atoms with van der Waals surface area (Å²) < 4.78 is 16.2. The molecule has 244 valence electrons. The Kier molecular flexibility index (Phi) is 20.2. The topological polar surface area (TPSA) is 133 Å². The van der Waals surface area contributed by atoms with Crippen LogP contribution in [0.5, 0.6) is 5.75 Å².